The molecule has 1 amide bonds. The Labute approximate surface area is 118 Å². The van der Waals surface area contributed by atoms with Gasteiger partial charge >= 0.3 is 0 Å². The summed E-state index contributed by atoms with van der Waals surface area (Å²) in [6, 6.07) is 8.56. The first-order valence-electron chi connectivity index (χ1n) is 6.97. The zero-order valence-electron chi connectivity index (χ0n) is 12.1. The molecule has 1 aliphatic carbocycles. The Morgan fingerprint density at radius 3 is 2.75 bits per heavy atom. The summed E-state index contributed by atoms with van der Waals surface area (Å²) in [6.45, 7) is 4.14. The second-order valence-corrected chi connectivity index (χ2v) is 5.60. The third kappa shape index (κ3) is 2.46. The van der Waals surface area contributed by atoms with Crippen molar-refractivity contribution < 1.29 is 4.79 Å². The molecule has 3 rings (SSSR count). The number of aromatic nitrogens is 2. The first-order valence-corrected chi connectivity index (χ1v) is 6.97. The second-order valence-electron chi connectivity index (χ2n) is 5.60. The number of aryl methyl sites for hydroxylation is 3. The minimum Gasteiger partial charge on any atom is -0.348 e. The standard InChI is InChI=1S/C16H19N3O/c1-10-4-5-11(2)13(8-10)15-9-14(18-19(15)3)16(20)17-12-6-7-12/h4-5,8-9,12H,6-7H2,1-3H3,(H,17,20). The minimum atomic E-state index is -0.0698. The van der Waals surface area contributed by atoms with Crippen molar-refractivity contribution in [3.8, 4) is 11.3 Å². The van der Waals surface area contributed by atoms with Crippen LogP contribution in [0.3, 0.4) is 0 Å². The van der Waals surface area contributed by atoms with Gasteiger partial charge in [-0.1, -0.05) is 17.7 Å². The second kappa shape index (κ2) is 4.78. The molecule has 0 saturated heterocycles. The number of nitrogens with one attached hydrogen (secondary N) is 1. The van der Waals surface area contributed by atoms with Crippen LogP contribution in [0.4, 0.5) is 0 Å². The highest BCUT2D eigenvalue weighted by Gasteiger charge is 2.25. The number of carbonyl (C=O) groups excluding carboxylic acids is 1. The van der Waals surface area contributed by atoms with E-state index in [1.54, 1.807) is 4.68 Å². The van der Waals surface area contributed by atoms with Crippen molar-refractivity contribution in [3.63, 3.8) is 0 Å². The Bertz CT molecular complexity index is 668. The molecular weight excluding hydrogens is 250 g/mol. The van der Waals surface area contributed by atoms with Crippen LogP contribution in [0.1, 0.15) is 34.5 Å². The largest absolute Gasteiger partial charge is 0.348 e. The van der Waals surface area contributed by atoms with Crippen LogP contribution in [0.2, 0.25) is 0 Å². The predicted molar refractivity (Wildman–Crippen MR) is 78.6 cm³/mol. The van der Waals surface area contributed by atoms with E-state index in [-0.39, 0.29) is 5.91 Å². The lowest BCUT2D eigenvalue weighted by Gasteiger charge is -2.06. The monoisotopic (exact) mass is 269 g/mol. The lowest BCUT2D eigenvalue weighted by Crippen LogP contribution is -2.25. The van der Waals surface area contributed by atoms with Crippen molar-refractivity contribution in [2.24, 2.45) is 7.05 Å². The van der Waals surface area contributed by atoms with Crippen LogP contribution in [0.5, 0.6) is 0 Å². The summed E-state index contributed by atoms with van der Waals surface area (Å²) >= 11 is 0. The first kappa shape index (κ1) is 12.9. The summed E-state index contributed by atoms with van der Waals surface area (Å²) < 4.78 is 1.78. The van der Waals surface area contributed by atoms with E-state index in [9.17, 15) is 4.79 Å². The molecule has 1 aromatic carbocycles. The quantitative estimate of drug-likeness (QED) is 0.931. The number of nitrogens with zero attached hydrogens (tertiary/aromatic N) is 2. The molecule has 1 saturated carbocycles. The van der Waals surface area contributed by atoms with Gasteiger partial charge in [-0.2, -0.15) is 5.10 Å². The number of hydrogen-bond donors (Lipinski definition) is 1. The van der Waals surface area contributed by atoms with Crippen molar-refractivity contribution >= 4 is 5.91 Å². The van der Waals surface area contributed by atoms with E-state index in [2.05, 4.69) is 42.5 Å². The van der Waals surface area contributed by atoms with Crippen molar-refractivity contribution in [2.75, 3.05) is 0 Å². The molecule has 1 aromatic heterocycles. The number of hydrogen-bond acceptors (Lipinski definition) is 2. The van der Waals surface area contributed by atoms with E-state index in [0.29, 0.717) is 11.7 Å². The smallest absolute Gasteiger partial charge is 0.272 e. The summed E-state index contributed by atoms with van der Waals surface area (Å²) in [5.41, 5.74) is 5.00. The van der Waals surface area contributed by atoms with Crippen LogP contribution in [0.15, 0.2) is 24.3 Å². The maximum atomic E-state index is 12.1. The van der Waals surface area contributed by atoms with E-state index in [0.717, 1.165) is 24.1 Å². The predicted octanol–water partition coefficient (Wildman–Crippen LogP) is 2.60. The Balaban J connectivity index is 1.95. The topological polar surface area (TPSA) is 46.9 Å². The molecule has 1 fully saturated rings. The molecule has 0 atom stereocenters. The Morgan fingerprint density at radius 1 is 1.30 bits per heavy atom. The van der Waals surface area contributed by atoms with E-state index in [1.165, 1.54) is 11.1 Å². The molecule has 0 radical (unpaired) electrons. The van der Waals surface area contributed by atoms with E-state index in [1.807, 2.05) is 13.1 Å². The maximum Gasteiger partial charge on any atom is 0.272 e. The summed E-state index contributed by atoms with van der Waals surface area (Å²) in [5.74, 6) is -0.0698. The average molecular weight is 269 g/mol. The van der Waals surface area contributed by atoms with Gasteiger partial charge in [0.05, 0.1) is 5.69 Å². The Kier molecular flexibility index (Phi) is 3.08. The molecule has 104 valence electrons. The lowest BCUT2D eigenvalue weighted by molar-refractivity contribution is 0.0945. The molecular formula is C16H19N3O. The third-order valence-electron chi connectivity index (χ3n) is 3.69. The highest BCUT2D eigenvalue weighted by atomic mass is 16.2. The molecule has 4 heteroatoms. The molecule has 1 heterocycles. The van der Waals surface area contributed by atoms with Gasteiger partial charge in [-0.15, -0.1) is 0 Å². The fraction of sp³-hybridized carbons (Fsp3) is 0.375. The third-order valence-corrected chi connectivity index (χ3v) is 3.69. The van der Waals surface area contributed by atoms with Crippen LogP contribution in [0, 0.1) is 13.8 Å². The Morgan fingerprint density at radius 2 is 2.05 bits per heavy atom. The highest BCUT2D eigenvalue weighted by Crippen LogP contribution is 2.25. The van der Waals surface area contributed by atoms with Crippen molar-refractivity contribution in [2.45, 2.75) is 32.7 Å². The molecule has 1 N–H and O–H groups in total. The van der Waals surface area contributed by atoms with Gasteiger partial charge in [-0.05, 0) is 44.4 Å². The number of rotatable bonds is 3. The van der Waals surface area contributed by atoms with Gasteiger partial charge in [0.25, 0.3) is 5.91 Å². The fourth-order valence-electron chi connectivity index (χ4n) is 2.33. The highest BCUT2D eigenvalue weighted by molar-refractivity contribution is 5.93. The van der Waals surface area contributed by atoms with E-state index >= 15 is 0 Å². The molecule has 0 unspecified atom stereocenters. The van der Waals surface area contributed by atoms with Crippen LogP contribution in [-0.4, -0.2) is 21.7 Å². The molecule has 0 spiro atoms. The summed E-state index contributed by atoms with van der Waals surface area (Å²) in [5, 5.41) is 7.32. The summed E-state index contributed by atoms with van der Waals surface area (Å²) in [7, 11) is 1.88. The molecule has 4 nitrogen and oxygen atoms in total. The minimum absolute atomic E-state index is 0.0698. The van der Waals surface area contributed by atoms with Crippen LogP contribution in [0.25, 0.3) is 11.3 Å². The maximum absolute atomic E-state index is 12.1. The molecule has 1 aliphatic rings. The van der Waals surface area contributed by atoms with Gasteiger partial charge in [-0.3, -0.25) is 9.48 Å². The van der Waals surface area contributed by atoms with Gasteiger partial charge in [0.2, 0.25) is 0 Å². The van der Waals surface area contributed by atoms with Crippen LogP contribution in [-0.2, 0) is 7.05 Å². The molecule has 0 aliphatic heterocycles. The van der Waals surface area contributed by atoms with E-state index < -0.39 is 0 Å². The van der Waals surface area contributed by atoms with Crippen molar-refractivity contribution in [1.82, 2.24) is 15.1 Å². The number of carbonyl (C=O) groups is 1. The van der Waals surface area contributed by atoms with Gasteiger partial charge in [0.15, 0.2) is 5.69 Å². The average Bonchev–Trinajstić information content (AvgIpc) is 3.13. The fourth-order valence-corrected chi connectivity index (χ4v) is 2.33. The van der Waals surface area contributed by atoms with Gasteiger partial charge in [0, 0.05) is 18.7 Å². The Hall–Kier alpha value is -2.10. The molecule has 0 bridgehead atoms. The van der Waals surface area contributed by atoms with Crippen molar-refractivity contribution in [1.29, 1.82) is 0 Å². The van der Waals surface area contributed by atoms with Gasteiger partial charge in [-0.25, -0.2) is 0 Å². The SMILES string of the molecule is Cc1ccc(C)c(-c2cc(C(=O)NC3CC3)nn2C)c1. The lowest BCUT2D eigenvalue weighted by atomic mass is 10.0. The van der Waals surface area contributed by atoms with Crippen LogP contribution < -0.4 is 5.32 Å². The summed E-state index contributed by atoms with van der Waals surface area (Å²) in [6.07, 6.45) is 2.17. The van der Waals surface area contributed by atoms with Gasteiger partial charge in [0.1, 0.15) is 0 Å². The number of amides is 1. The normalized spacial score (nSPS) is 14.3. The van der Waals surface area contributed by atoms with Gasteiger partial charge < -0.3 is 5.32 Å². The molecule has 20 heavy (non-hydrogen) atoms. The van der Waals surface area contributed by atoms with Crippen molar-refractivity contribution in [3.05, 3.63) is 41.1 Å². The first-order chi connectivity index (χ1) is 9.54. The summed E-state index contributed by atoms with van der Waals surface area (Å²) in [4.78, 5) is 12.1. The molecule has 2 aromatic rings. The zero-order chi connectivity index (χ0) is 14.3. The number of benzene rings is 1. The van der Waals surface area contributed by atoms with E-state index in [4.69, 9.17) is 0 Å². The zero-order valence-corrected chi connectivity index (χ0v) is 12.1. The van der Waals surface area contributed by atoms with Crippen LogP contribution >= 0.6 is 0 Å².